The maximum absolute atomic E-state index is 13.4. The van der Waals surface area contributed by atoms with Crippen molar-refractivity contribution in [2.75, 3.05) is 33.5 Å². The van der Waals surface area contributed by atoms with Crippen molar-refractivity contribution in [2.45, 2.75) is 33.2 Å². The molecule has 4 rings (SSSR count). The molecule has 0 spiro atoms. The Morgan fingerprint density at radius 1 is 1.08 bits per heavy atom. The van der Waals surface area contributed by atoms with E-state index < -0.39 is 17.7 Å². The zero-order chi connectivity index (χ0) is 25.8. The lowest BCUT2D eigenvalue weighted by molar-refractivity contribution is -0.140. The zero-order valence-electron chi connectivity index (χ0n) is 21.1. The molecular formula is C28H32N2O6. The van der Waals surface area contributed by atoms with Crippen LogP contribution in [0.2, 0.25) is 0 Å². The summed E-state index contributed by atoms with van der Waals surface area (Å²) in [5.41, 5.74) is 2.87. The Labute approximate surface area is 210 Å². The molecule has 190 valence electrons. The van der Waals surface area contributed by atoms with Crippen molar-refractivity contribution in [1.29, 1.82) is 0 Å². The molecule has 0 radical (unpaired) electrons. The molecule has 1 aliphatic heterocycles. The van der Waals surface area contributed by atoms with Crippen molar-refractivity contribution in [3.63, 3.8) is 0 Å². The number of ketones is 1. The lowest BCUT2D eigenvalue weighted by Gasteiger charge is -2.26. The number of nitrogens with zero attached hydrogens (tertiary/aromatic N) is 1. The minimum absolute atomic E-state index is 0.0374. The summed E-state index contributed by atoms with van der Waals surface area (Å²) in [5, 5.41) is 12.5. The van der Waals surface area contributed by atoms with E-state index in [0.717, 1.165) is 22.2 Å². The molecule has 1 saturated heterocycles. The number of carbonyl (C=O) groups excluding carboxylic acids is 2. The number of ether oxygens (including phenoxy) is 3. The largest absolute Gasteiger partial charge is 0.507 e. The number of rotatable bonds is 10. The average molecular weight is 493 g/mol. The van der Waals surface area contributed by atoms with Gasteiger partial charge in [-0.2, -0.15) is 0 Å². The van der Waals surface area contributed by atoms with Crippen LogP contribution < -0.4 is 9.47 Å². The number of methoxy groups -OCH3 is 1. The summed E-state index contributed by atoms with van der Waals surface area (Å²) in [6.45, 7) is 7.20. The normalized spacial score (nSPS) is 17.2. The van der Waals surface area contributed by atoms with E-state index in [1.165, 1.54) is 4.90 Å². The Kier molecular flexibility index (Phi) is 7.64. The van der Waals surface area contributed by atoms with Gasteiger partial charge in [0.25, 0.3) is 11.7 Å². The van der Waals surface area contributed by atoms with E-state index in [1.807, 2.05) is 45.0 Å². The number of hydrogen-bond donors (Lipinski definition) is 2. The smallest absolute Gasteiger partial charge is 0.295 e. The molecule has 1 unspecified atom stereocenters. The molecule has 1 aliphatic rings. The fraction of sp³-hybridized carbons (Fsp3) is 0.357. The van der Waals surface area contributed by atoms with Gasteiger partial charge in [-0.25, -0.2) is 0 Å². The average Bonchev–Trinajstić information content (AvgIpc) is 3.32. The molecule has 2 N–H and O–H groups in total. The number of Topliss-reactive ketones (excluding diaryl/α,β-unsaturated/α-hetero) is 1. The van der Waals surface area contributed by atoms with Gasteiger partial charge in [0.05, 0.1) is 30.4 Å². The van der Waals surface area contributed by atoms with Crippen LogP contribution in [0.3, 0.4) is 0 Å². The number of para-hydroxylation sites is 1. The summed E-state index contributed by atoms with van der Waals surface area (Å²) in [7, 11) is 1.59. The molecule has 0 saturated carbocycles. The first-order valence-corrected chi connectivity index (χ1v) is 12.2. The summed E-state index contributed by atoms with van der Waals surface area (Å²) < 4.78 is 16.6. The molecule has 3 aromatic rings. The highest BCUT2D eigenvalue weighted by Gasteiger charge is 2.47. The summed E-state index contributed by atoms with van der Waals surface area (Å²) in [6.07, 6.45) is 0.550. The first-order chi connectivity index (χ1) is 17.4. The van der Waals surface area contributed by atoms with Gasteiger partial charge in [-0.05, 0) is 45.4 Å². The van der Waals surface area contributed by atoms with Crippen molar-refractivity contribution in [3.8, 4) is 11.5 Å². The predicted molar refractivity (Wildman–Crippen MR) is 137 cm³/mol. The third-order valence-electron chi connectivity index (χ3n) is 6.32. The molecule has 0 aliphatic carbocycles. The lowest BCUT2D eigenvalue weighted by atomic mass is 9.93. The first-order valence-electron chi connectivity index (χ1n) is 12.2. The SMILES string of the molecule is CCOc1ccc(/C(O)=C2\C(=O)C(=O)N(CCCOC)C2c2c(C)[nH]c3ccccc23)c(OCC)c1. The van der Waals surface area contributed by atoms with Gasteiger partial charge in [-0.1, -0.05) is 18.2 Å². The van der Waals surface area contributed by atoms with E-state index in [4.69, 9.17) is 14.2 Å². The molecule has 1 fully saturated rings. The van der Waals surface area contributed by atoms with Crippen LogP contribution in [0, 0.1) is 6.92 Å². The van der Waals surface area contributed by atoms with Gasteiger partial charge in [-0.15, -0.1) is 0 Å². The summed E-state index contributed by atoms with van der Waals surface area (Å²) in [6, 6.07) is 12.0. The molecule has 0 bridgehead atoms. The minimum atomic E-state index is -0.765. The number of aromatic amines is 1. The molecule has 1 atom stereocenters. The van der Waals surface area contributed by atoms with Gasteiger partial charge < -0.3 is 29.2 Å². The number of fused-ring (bicyclic) bond motifs is 1. The number of carbonyl (C=O) groups is 2. The van der Waals surface area contributed by atoms with Gasteiger partial charge in [0, 0.05) is 48.5 Å². The third-order valence-corrected chi connectivity index (χ3v) is 6.32. The number of hydrogen-bond acceptors (Lipinski definition) is 6. The van der Waals surface area contributed by atoms with Crippen LogP contribution >= 0.6 is 0 Å². The van der Waals surface area contributed by atoms with E-state index in [9.17, 15) is 14.7 Å². The van der Waals surface area contributed by atoms with E-state index >= 15 is 0 Å². The van der Waals surface area contributed by atoms with Crippen LogP contribution in [-0.2, 0) is 14.3 Å². The Hall–Kier alpha value is -3.78. The molecular weight excluding hydrogens is 460 g/mol. The van der Waals surface area contributed by atoms with Gasteiger partial charge in [0.15, 0.2) is 0 Å². The van der Waals surface area contributed by atoms with Crippen LogP contribution in [0.1, 0.15) is 43.1 Å². The van der Waals surface area contributed by atoms with Crippen molar-refractivity contribution in [3.05, 3.63) is 64.9 Å². The zero-order valence-corrected chi connectivity index (χ0v) is 21.1. The maximum atomic E-state index is 13.4. The maximum Gasteiger partial charge on any atom is 0.295 e. The molecule has 1 amide bonds. The van der Waals surface area contributed by atoms with Crippen LogP contribution in [0.15, 0.2) is 48.0 Å². The Bertz CT molecular complexity index is 1310. The standard InChI is InChI=1S/C28H32N2O6/c1-5-35-18-12-13-20(22(16-18)36-6-2)26(31)24-25(30(14-9-15-34-4)28(33)27(24)32)23-17(3)29-21-11-8-7-10-19(21)23/h7-8,10-13,16,25,29,31H,5-6,9,14-15H2,1-4H3/b26-24+. The topological polar surface area (TPSA) is 101 Å². The molecule has 8 nitrogen and oxygen atoms in total. The Morgan fingerprint density at radius 2 is 1.83 bits per heavy atom. The van der Waals surface area contributed by atoms with E-state index in [1.54, 1.807) is 25.3 Å². The van der Waals surface area contributed by atoms with Gasteiger partial charge in [-0.3, -0.25) is 9.59 Å². The number of amides is 1. The number of aryl methyl sites for hydroxylation is 1. The van der Waals surface area contributed by atoms with Gasteiger partial charge in [0.1, 0.15) is 17.3 Å². The summed E-state index contributed by atoms with van der Waals surface area (Å²) in [4.78, 5) is 31.6. The fourth-order valence-corrected chi connectivity index (χ4v) is 4.82. The van der Waals surface area contributed by atoms with Crippen molar-refractivity contribution >= 4 is 28.4 Å². The highest BCUT2D eigenvalue weighted by atomic mass is 16.5. The molecule has 2 heterocycles. The van der Waals surface area contributed by atoms with E-state index in [-0.39, 0.29) is 11.3 Å². The number of nitrogens with one attached hydrogen (secondary N) is 1. The Morgan fingerprint density at radius 3 is 2.56 bits per heavy atom. The highest BCUT2D eigenvalue weighted by molar-refractivity contribution is 6.46. The van der Waals surface area contributed by atoms with Gasteiger partial charge >= 0.3 is 0 Å². The summed E-state index contributed by atoms with van der Waals surface area (Å²) in [5.74, 6) is -0.687. The predicted octanol–water partition coefficient (Wildman–Crippen LogP) is 4.73. The Balaban J connectivity index is 1.93. The number of aliphatic hydroxyl groups excluding tert-OH is 1. The minimum Gasteiger partial charge on any atom is -0.507 e. The fourth-order valence-electron chi connectivity index (χ4n) is 4.82. The van der Waals surface area contributed by atoms with E-state index in [0.29, 0.717) is 49.8 Å². The third kappa shape index (κ3) is 4.56. The van der Waals surface area contributed by atoms with Crippen molar-refractivity contribution < 1.29 is 28.9 Å². The quantitative estimate of drug-likeness (QED) is 0.184. The van der Waals surface area contributed by atoms with Crippen LogP contribution in [0.4, 0.5) is 0 Å². The van der Waals surface area contributed by atoms with Crippen molar-refractivity contribution in [1.82, 2.24) is 9.88 Å². The second-order valence-electron chi connectivity index (χ2n) is 8.57. The molecule has 1 aromatic heterocycles. The van der Waals surface area contributed by atoms with E-state index in [2.05, 4.69) is 4.98 Å². The monoisotopic (exact) mass is 492 g/mol. The number of likely N-dealkylation sites (tertiary alicyclic amines) is 1. The lowest BCUT2D eigenvalue weighted by Crippen LogP contribution is -2.31. The molecule has 8 heteroatoms. The highest BCUT2D eigenvalue weighted by Crippen LogP contribution is 2.44. The van der Waals surface area contributed by atoms with Gasteiger partial charge in [0.2, 0.25) is 0 Å². The number of benzene rings is 2. The molecule has 2 aromatic carbocycles. The first kappa shape index (κ1) is 25.3. The second-order valence-corrected chi connectivity index (χ2v) is 8.57. The van der Waals surface area contributed by atoms with Crippen molar-refractivity contribution in [2.24, 2.45) is 0 Å². The molecule has 36 heavy (non-hydrogen) atoms. The number of H-pyrrole nitrogens is 1. The van der Waals surface area contributed by atoms with Crippen LogP contribution in [0.5, 0.6) is 11.5 Å². The number of aliphatic hydroxyl groups is 1. The van der Waals surface area contributed by atoms with Crippen LogP contribution in [-0.4, -0.2) is 60.2 Å². The van der Waals surface area contributed by atoms with Crippen LogP contribution in [0.25, 0.3) is 16.7 Å². The number of aromatic nitrogens is 1. The second kappa shape index (κ2) is 10.9. The summed E-state index contributed by atoms with van der Waals surface area (Å²) >= 11 is 0.